The van der Waals surface area contributed by atoms with Gasteiger partial charge in [-0.3, -0.25) is 14.4 Å². The fourth-order valence-electron chi connectivity index (χ4n) is 3.80. The van der Waals surface area contributed by atoms with Gasteiger partial charge in [-0.05, 0) is 11.1 Å². The molecule has 21 heavy (non-hydrogen) atoms. The van der Waals surface area contributed by atoms with Crippen LogP contribution in [0, 0.1) is 11.8 Å². The third-order valence-corrected chi connectivity index (χ3v) is 4.62. The molecule has 0 aliphatic heterocycles. The number of hydrogen-bond donors (Lipinski definition) is 0. The van der Waals surface area contributed by atoms with Gasteiger partial charge in [0, 0.05) is 12.3 Å². The Morgan fingerprint density at radius 2 is 1.57 bits per heavy atom. The van der Waals surface area contributed by atoms with Crippen LogP contribution in [0.3, 0.4) is 0 Å². The predicted molar refractivity (Wildman–Crippen MR) is 72.6 cm³/mol. The molecular formula is C16H16O5. The highest BCUT2D eigenvalue weighted by Crippen LogP contribution is 2.54. The molecule has 0 N–H and O–H groups in total. The van der Waals surface area contributed by atoms with Crippen LogP contribution in [-0.2, 0) is 23.9 Å². The number of benzene rings is 1. The molecule has 4 rings (SSSR count). The molecule has 0 spiro atoms. The van der Waals surface area contributed by atoms with Crippen LogP contribution in [0.5, 0.6) is 0 Å². The monoisotopic (exact) mass is 288 g/mol. The number of rotatable bonds is 2. The largest absolute Gasteiger partial charge is 0.469 e. The molecule has 0 unspecified atom stereocenters. The molecule has 5 heteroatoms. The van der Waals surface area contributed by atoms with Gasteiger partial charge in [-0.2, -0.15) is 0 Å². The van der Waals surface area contributed by atoms with E-state index in [1.807, 2.05) is 24.3 Å². The number of carbonyl (C=O) groups excluding carboxylic acids is 3. The molecule has 1 fully saturated rings. The van der Waals surface area contributed by atoms with E-state index in [1.165, 1.54) is 14.2 Å². The van der Waals surface area contributed by atoms with E-state index in [2.05, 4.69) is 0 Å². The first kappa shape index (κ1) is 13.8. The summed E-state index contributed by atoms with van der Waals surface area (Å²) in [6, 6.07) is 7.50. The molecule has 0 radical (unpaired) electrons. The van der Waals surface area contributed by atoms with Crippen LogP contribution < -0.4 is 0 Å². The highest BCUT2D eigenvalue weighted by molar-refractivity contribution is 5.99. The normalized spacial score (nSPS) is 29.7. The molecule has 1 saturated carbocycles. The Morgan fingerprint density at radius 3 is 2.19 bits per heavy atom. The summed E-state index contributed by atoms with van der Waals surface area (Å²) >= 11 is 0. The second-order valence-corrected chi connectivity index (χ2v) is 5.48. The molecule has 3 aliphatic carbocycles. The molecule has 0 saturated heterocycles. The van der Waals surface area contributed by atoms with Crippen molar-refractivity contribution in [3.05, 3.63) is 35.4 Å². The van der Waals surface area contributed by atoms with Crippen LogP contribution in [0.2, 0.25) is 0 Å². The summed E-state index contributed by atoms with van der Waals surface area (Å²) in [5, 5.41) is 0. The first-order valence-corrected chi connectivity index (χ1v) is 6.87. The van der Waals surface area contributed by atoms with Gasteiger partial charge in [0.15, 0.2) is 0 Å². The third kappa shape index (κ3) is 1.87. The zero-order chi connectivity index (χ0) is 15.1. The van der Waals surface area contributed by atoms with Crippen LogP contribution in [0.1, 0.15) is 29.4 Å². The highest BCUT2D eigenvalue weighted by atomic mass is 16.5. The SMILES string of the molecule is COC(=O)[C@@H]1[C@H](C(=O)OC)[C@H]2C(=O)C[C@H]1c1ccccc12. The Bertz CT molecular complexity index is 621. The van der Waals surface area contributed by atoms with Crippen molar-refractivity contribution in [3.8, 4) is 0 Å². The van der Waals surface area contributed by atoms with Crippen molar-refractivity contribution < 1.29 is 23.9 Å². The summed E-state index contributed by atoms with van der Waals surface area (Å²) in [5.74, 6) is -3.35. The number of esters is 2. The molecule has 0 aromatic heterocycles. The van der Waals surface area contributed by atoms with E-state index >= 15 is 0 Å². The maximum absolute atomic E-state index is 12.3. The van der Waals surface area contributed by atoms with Crippen molar-refractivity contribution in [3.63, 3.8) is 0 Å². The topological polar surface area (TPSA) is 69.7 Å². The van der Waals surface area contributed by atoms with Gasteiger partial charge in [0.05, 0.1) is 32.0 Å². The van der Waals surface area contributed by atoms with Crippen molar-refractivity contribution in [2.75, 3.05) is 14.2 Å². The molecule has 0 heterocycles. The van der Waals surface area contributed by atoms with Crippen LogP contribution in [-0.4, -0.2) is 31.9 Å². The van der Waals surface area contributed by atoms with Crippen LogP contribution in [0.15, 0.2) is 24.3 Å². The lowest BCUT2D eigenvalue weighted by Gasteiger charge is -2.45. The molecule has 1 aromatic carbocycles. The lowest BCUT2D eigenvalue weighted by molar-refractivity contribution is -0.164. The van der Waals surface area contributed by atoms with Gasteiger partial charge in [0.25, 0.3) is 0 Å². The maximum Gasteiger partial charge on any atom is 0.310 e. The van der Waals surface area contributed by atoms with Crippen molar-refractivity contribution in [1.82, 2.24) is 0 Å². The van der Waals surface area contributed by atoms with E-state index in [4.69, 9.17) is 9.47 Å². The minimum atomic E-state index is -0.788. The highest BCUT2D eigenvalue weighted by Gasteiger charge is 2.57. The van der Waals surface area contributed by atoms with Gasteiger partial charge in [0.2, 0.25) is 0 Å². The van der Waals surface area contributed by atoms with Gasteiger partial charge in [-0.1, -0.05) is 24.3 Å². The fraction of sp³-hybridized carbons (Fsp3) is 0.438. The third-order valence-electron chi connectivity index (χ3n) is 4.62. The van der Waals surface area contributed by atoms with E-state index in [1.54, 1.807) is 0 Å². The number of carbonyl (C=O) groups is 3. The number of ketones is 1. The summed E-state index contributed by atoms with van der Waals surface area (Å²) in [6.45, 7) is 0. The Labute approximate surface area is 122 Å². The molecule has 4 atom stereocenters. The predicted octanol–water partition coefficient (Wildman–Crippen LogP) is 1.42. The quantitative estimate of drug-likeness (QED) is 0.770. The maximum atomic E-state index is 12.3. The zero-order valence-corrected chi connectivity index (χ0v) is 11.9. The molecular weight excluding hydrogens is 272 g/mol. The van der Waals surface area contributed by atoms with E-state index in [0.29, 0.717) is 0 Å². The lowest BCUT2D eigenvalue weighted by atomic mass is 9.55. The average molecular weight is 288 g/mol. The van der Waals surface area contributed by atoms with Crippen molar-refractivity contribution >= 4 is 17.7 Å². The van der Waals surface area contributed by atoms with Gasteiger partial charge >= 0.3 is 11.9 Å². The summed E-state index contributed by atoms with van der Waals surface area (Å²) in [5.41, 5.74) is 1.81. The summed E-state index contributed by atoms with van der Waals surface area (Å²) < 4.78 is 9.69. The Kier molecular flexibility index (Phi) is 3.27. The number of fused-ring (bicyclic) bond motifs is 2. The fourth-order valence-corrected chi connectivity index (χ4v) is 3.80. The molecule has 3 aliphatic rings. The van der Waals surface area contributed by atoms with Gasteiger partial charge in [-0.15, -0.1) is 0 Å². The van der Waals surface area contributed by atoms with Crippen molar-refractivity contribution in [2.24, 2.45) is 11.8 Å². The summed E-state index contributed by atoms with van der Waals surface area (Å²) in [4.78, 5) is 36.7. The van der Waals surface area contributed by atoms with E-state index in [0.717, 1.165) is 11.1 Å². The molecule has 110 valence electrons. The molecule has 0 amide bonds. The molecule has 2 bridgehead atoms. The number of Topliss-reactive ketones (excluding diaryl/α,β-unsaturated/α-hetero) is 1. The Balaban J connectivity index is 2.17. The van der Waals surface area contributed by atoms with Crippen LogP contribution in [0.25, 0.3) is 0 Å². The standard InChI is InChI=1S/C16H16O5/c1-20-15(18)13-10-7-11(17)12(14(13)16(19)21-2)9-6-4-3-5-8(9)10/h3-6,10,12-14H,7H2,1-2H3/t10-,12+,13-,14+/m0/s1. The first-order valence-electron chi connectivity index (χ1n) is 6.87. The number of ether oxygens (including phenoxy) is 2. The molecule has 5 nitrogen and oxygen atoms in total. The van der Waals surface area contributed by atoms with E-state index in [-0.39, 0.29) is 18.1 Å². The molecule has 1 aromatic rings. The minimum absolute atomic E-state index is 0.00532. The minimum Gasteiger partial charge on any atom is -0.469 e. The average Bonchev–Trinajstić information content (AvgIpc) is 2.52. The number of methoxy groups -OCH3 is 2. The summed E-state index contributed by atoms with van der Waals surface area (Å²) in [6.07, 6.45) is 0.273. The smallest absolute Gasteiger partial charge is 0.310 e. The Morgan fingerprint density at radius 1 is 1.00 bits per heavy atom. The van der Waals surface area contributed by atoms with E-state index in [9.17, 15) is 14.4 Å². The van der Waals surface area contributed by atoms with Gasteiger partial charge < -0.3 is 9.47 Å². The zero-order valence-electron chi connectivity index (χ0n) is 11.9. The van der Waals surface area contributed by atoms with Crippen LogP contribution in [0.4, 0.5) is 0 Å². The van der Waals surface area contributed by atoms with E-state index < -0.39 is 29.7 Å². The van der Waals surface area contributed by atoms with Crippen LogP contribution >= 0.6 is 0 Å². The van der Waals surface area contributed by atoms with Crippen molar-refractivity contribution in [2.45, 2.75) is 18.3 Å². The lowest BCUT2D eigenvalue weighted by Crippen LogP contribution is -2.50. The van der Waals surface area contributed by atoms with Gasteiger partial charge in [-0.25, -0.2) is 0 Å². The number of hydrogen-bond acceptors (Lipinski definition) is 5. The Hall–Kier alpha value is -2.17. The second-order valence-electron chi connectivity index (χ2n) is 5.48. The second kappa shape index (κ2) is 4.98. The first-order chi connectivity index (χ1) is 10.1. The van der Waals surface area contributed by atoms with Gasteiger partial charge in [0.1, 0.15) is 5.78 Å². The van der Waals surface area contributed by atoms with Crippen molar-refractivity contribution in [1.29, 1.82) is 0 Å². The summed E-state index contributed by atoms with van der Waals surface area (Å²) in [7, 11) is 2.57.